The standard InChI is InChI=1S/C10H11NO4/c1-10(15,9(13)14)8(12)11-7-5-3-2-4-6-7/h2-6,15H,1H3,(H,11,12)(H,13,14)/t10-/m0/s1. The molecule has 0 aliphatic carbocycles. The first kappa shape index (κ1) is 11.2. The van der Waals surface area contributed by atoms with Gasteiger partial charge in [-0.1, -0.05) is 18.2 Å². The number of rotatable bonds is 3. The summed E-state index contributed by atoms with van der Waals surface area (Å²) in [5.41, 5.74) is -1.99. The van der Waals surface area contributed by atoms with Crippen molar-refractivity contribution in [2.24, 2.45) is 0 Å². The Labute approximate surface area is 86.4 Å². The van der Waals surface area contributed by atoms with E-state index >= 15 is 0 Å². The van der Waals surface area contributed by atoms with Gasteiger partial charge in [0.2, 0.25) is 5.60 Å². The van der Waals surface area contributed by atoms with Crippen molar-refractivity contribution >= 4 is 17.6 Å². The highest BCUT2D eigenvalue weighted by atomic mass is 16.4. The molecule has 0 radical (unpaired) electrons. The normalized spacial score (nSPS) is 14.0. The van der Waals surface area contributed by atoms with Gasteiger partial charge >= 0.3 is 5.97 Å². The van der Waals surface area contributed by atoms with Gasteiger partial charge in [-0.25, -0.2) is 4.79 Å². The van der Waals surface area contributed by atoms with Crippen LogP contribution in [0, 0.1) is 0 Å². The predicted molar refractivity (Wildman–Crippen MR) is 53.3 cm³/mol. The van der Waals surface area contributed by atoms with E-state index in [1.54, 1.807) is 30.3 Å². The minimum atomic E-state index is -2.42. The largest absolute Gasteiger partial charge is 0.479 e. The quantitative estimate of drug-likeness (QED) is 0.631. The van der Waals surface area contributed by atoms with E-state index in [4.69, 9.17) is 5.11 Å². The van der Waals surface area contributed by atoms with Crippen molar-refractivity contribution in [1.82, 2.24) is 0 Å². The summed E-state index contributed by atoms with van der Waals surface area (Å²) in [5.74, 6) is -2.56. The molecule has 1 amide bonds. The van der Waals surface area contributed by atoms with Gasteiger partial charge < -0.3 is 15.5 Å². The molecule has 0 spiro atoms. The van der Waals surface area contributed by atoms with E-state index in [0.29, 0.717) is 5.69 Å². The summed E-state index contributed by atoms with van der Waals surface area (Å²) in [6, 6.07) is 8.31. The van der Waals surface area contributed by atoms with Crippen molar-refractivity contribution in [3.05, 3.63) is 30.3 Å². The van der Waals surface area contributed by atoms with Gasteiger partial charge in [0.25, 0.3) is 5.91 Å². The molecular weight excluding hydrogens is 198 g/mol. The van der Waals surface area contributed by atoms with Gasteiger partial charge in [-0.05, 0) is 19.1 Å². The van der Waals surface area contributed by atoms with E-state index in [1.807, 2.05) is 0 Å². The first-order valence-electron chi connectivity index (χ1n) is 4.27. The highest BCUT2D eigenvalue weighted by Gasteiger charge is 2.38. The molecule has 0 saturated heterocycles. The summed E-state index contributed by atoms with van der Waals surface area (Å²) in [6.45, 7) is 0.924. The maximum absolute atomic E-state index is 11.3. The SMILES string of the molecule is C[C@@](O)(C(=O)O)C(=O)Nc1ccccc1. The molecule has 5 heteroatoms. The Morgan fingerprint density at radius 3 is 2.27 bits per heavy atom. The third kappa shape index (κ3) is 2.54. The van der Waals surface area contributed by atoms with Crippen LogP contribution in [0.25, 0.3) is 0 Å². The molecular formula is C10H11NO4. The molecule has 1 aromatic carbocycles. The molecule has 5 nitrogen and oxygen atoms in total. The first-order valence-corrected chi connectivity index (χ1v) is 4.27. The number of nitrogens with one attached hydrogen (secondary N) is 1. The van der Waals surface area contributed by atoms with Gasteiger partial charge in [-0.2, -0.15) is 0 Å². The average Bonchev–Trinajstić information content (AvgIpc) is 2.18. The Kier molecular flexibility index (Phi) is 3.06. The summed E-state index contributed by atoms with van der Waals surface area (Å²) in [4.78, 5) is 21.9. The van der Waals surface area contributed by atoms with Crippen molar-refractivity contribution in [2.45, 2.75) is 12.5 Å². The molecule has 1 atom stereocenters. The third-order valence-corrected chi connectivity index (χ3v) is 1.89. The Bertz CT molecular complexity index is 372. The molecule has 0 heterocycles. The maximum atomic E-state index is 11.3. The minimum absolute atomic E-state index is 0.434. The van der Waals surface area contributed by atoms with Crippen LogP contribution >= 0.6 is 0 Å². The van der Waals surface area contributed by atoms with Crippen LogP contribution in [0.3, 0.4) is 0 Å². The molecule has 15 heavy (non-hydrogen) atoms. The number of anilines is 1. The number of aliphatic carboxylic acids is 1. The second-order valence-corrected chi connectivity index (χ2v) is 3.20. The van der Waals surface area contributed by atoms with Crippen molar-refractivity contribution < 1.29 is 19.8 Å². The molecule has 3 N–H and O–H groups in total. The van der Waals surface area contributed by atoms with Crippen LogP contribution in [-0.4, -0.2) is 27.7 Å². The van der Waals surface area contributed by atoms with Gasteiger partial charge in [0.15, 0.2) is 0 Å². The fourth-order valence-corrected chi connectivity index (χ4v) is 0.871. The number of hydrogen-bond acceptors (Lipinski definition) is 3. The van der Waals surface area contributed by atoms with E-state index in [0.717, 1.165) is 6.92 Å². The van der Waals surface area contributed by atoms with Crippen molar-refractivity contribution in [3.63, 3.8) is 0 Å². The molecule has 0 fully saturated rings. The number of hydrogen-bond donors (Lipinski definition) is 3. The molecule has 80 valence electrons. The molecule has 0 aliphatic heterocycles. The van der Waals surface area contributed by atoms with Crippen LogP contribution in [-0.2, 0) is 9.59 Å². The second kappa shape index (κ2) is 4.10. The van der Waals surface area contributed by atoms with E-state index < -0.39 is 17.5 Å². The van der Waals surface area contributed by atoms with Crippen molar-refractivity contribution in [3.8, 4) is 0 Å². The molecule has 1 aromatic rings. The summed E-state index contributed by atoms with van der Waals surface area (Å²) in [6.07, 6.45) is 0. The van der Waals surface area contributed by atoms with E-state index in [1.165, 1.54) is 0 Å². The Hall–Kier alpha value is -1.88. The smallest absolute Gasteiger partial charge is 0.345 e. The monoisotopic (exact) mass is 209 g/mol. The lowest BCUT2D eigenvalue weighted by Crippen LogP contribution is -2.47. The lowest BCUT2D eigenvalue weighted by Gasteiger charge is -2.16. The number of carbonyl (C=O) groups excluding carboxylic acids is 1. The van der Waals surface area contributed by atoms with Crippen LogP contribution in [0.5, 0.6) is 0 Å². The zero-order valence-corrected chi connectivity index (χ0v) is 8.10. The molecule has 0 aromatic heterocycles. The number of carboxylic acid groups (broad SMARTS) is 1. The molecule has 0 aliphatic rings. The number of carbonyl (C=O) groups is 2. The fraction of sp³-hybridized carbons (Fsp3) is 0.200. The average molecular weight is 209 g/mol. The second-order valence-electron chi connectivity index (χ2n) is 3.20. The molecule has 1 rings (SSSR count). The number of carboxylic acids is 1. The summed E-state index contributed by atoms with van der Waals surface area (Å²) in [5, 5.41) is 20.2. The summed E-state index contributed by atoms with van der Waals surface area (Å²) in [7, 11) is 0. The number of aliphatic hydroxyl groups is 1. The Balaban J connectivity index is 2.77. The summed E-state index contributed by atoms with van der Waals surface area (Å²) < 4.78 is 0. The molecule has 0 unspecified atom stereocenters. The lowest BCUT2D eigenvalue weighted by molar-refractivity contribution is -0.161. The van der Waals surface area contributed by atoms with E-state index in [2.05, 4.69) is 5.32 Å². The zero-order valence-electron chi connectivity index (χ0n) is 8.10. The highest BCUT2D eigenvalue weighted by molar-refractivity contribution is 6.10. The van der Waals surface area contributed by atoms with E-state index in [9.17, 15) is 14.7 Å². The fourth-order valence-electron chi connectivity index (χ4n) is 0.871. The molecule has 0 saturated carbocycles. The van der Waals surface area contributed by atoms with Gasteiger partial charge in [-0.3, -0.25) is 4.79 Å². The minimum Gasteiger partial charge on any atom is -0.479 e. The van der Waals surface area contributed by atoms with Crippen LogP contribution in [0.4, 0.5) is 5.69 Å². The Morgan fingerprint density at radius 2 is 1.80 bits per heavy atom. The summed E-state index contributed by atoms with van der Waals surface area (Å²) >= 11 is 0. The van der Waals surface area contributed by atoms with Crippen LogP contribution in [0.15, 0.2) is 30.3 Å². The Morgan fingerprint density at radius 1 is 1.27 bits per heavy atom. The van der Waals surface area contributed by atoms with Gasteiger partial charge in [0.05, 0.1) is 0 Å². The topological polar surface area (TPSA) is 86.6 Å². The van der Waals surface area contributed by atoms with Gasteiger partial charge in [-0.15, -0.1) is 0 Å². The van der Waals surface area contributed by atoms with Crippen molar-refractivity contribution in [2.75, 3.05) is 5.32 Å². The van der Waals surface area contributed by atoms with Crippen molar-refractivity contribution in [1.29, 1.82) is 0 Å². The number of amides is 1. The highest BCUT2D eigenvalue weighted by Crippen LogP contribution is 2.10. The number of benzene rings is 1. The van der Waals surface area contributed by atoms with E-state index in [-0.39, 0.29) is 0 Å². The maximum Gasteiger partial charge on any atom is 0.345 e. The molecule has 0 bridgehead atoms. The van der Waals surface area contributed by atoms with Gasteiger partial charge in [0.1, 0.15) is 0 Å². The third-order valence-electron chi connectivity index (χ3n) is 1.89. The van der Waals surface area contributed by atoms with Gasteiger partial charge in [0, 0.05) is 5.69 Å². The first-order chi connectivity index (χ1) is 6.94. The predicted octanol–water partition coefficient (Wildman–Crippen LogP) is 0.461. The van der Waals surface area contributed by atoms with Crippen LogP contribution < -0.4 is 5.32 Å². The van der Waals surface area contributed by atoms with Crippen LogP contribution in [0.1, 0.15) is 6.92 Å². The number of para-hydroxylation sites is 1. The zero-order chi connectivity index (χ0) is 11.5. The van der Waals surface area contributed by atoms with Crippen LogP contribution in [0.2, 0.25) is 0 Å². The lowest BCUT2D eigenvalue weighted by atomic mass is 10.1.